The first-order chi connectivity index (χ1) is 10.1. The number of pyridine rings is 1. The molecule has 5 heteroatoms. The van der Waals surface area contributed by atoms with Crippen LogP contribution in [0.3, 0.4) is 0 Å². The van der Waals surface area contributed by atoms with Gasteiger partial charge in [0.05, 0.1) is 5.56 Å². The number of fused-ring (bicyclic) bond motifs is 1. The van der Waals surface area contributed by atoms with Crippen LogP contribution in [0.15, 0.2) is 6.07 Å². The summed E-state index contributed by atoms with van der Waals surface area (Å²) < 4.78 is 0. The van der Waals surface area contributed by atoms with Crippen molar-refractivity contribution in [3.8, 4) is 6.07 Å². The molecule has 1 aromatic heterocycles. The summed E-state index contributed by atoms with van der Waals surface area (Å²) in [6, 6.07) is 4.15. The molecular weight excluding hydrogens is 266 g/mol. The highest BCUT2D eigenvalue weighted by molar-refractivity contribution is 5.66. The predicted octanol–water partition coefficient (Wildman–Crippen LogP) is 2.74. The average Bonchev–Trinajstić information content (AvgIpc) is 2.91. The molecule has 1 unspecified atom stereocenters. The molecule has 0 bridgehead atoms. The summed E-state index contributed by atoms with van der Waals surface area (Å²) in [5.74, 6) is 0.263. The van der Waals surface area contributed by atoms with Gasteiger partial charge in [-0.25, -0.2) is 4.98 Å². The molecule has 1 heterocycles. The van der Waals surface area contributed by atoms with Crippen LogP contribution in [0.5, 0.6) is 0 Å². The minimum absolute atomic E-state index is 0.210. The number of carboxylic acids is 1. The molecule has 2 N–H and O–H groups in total. The van der Waals surface area contributed by atoms with Gasteiger partial charge in [0.2, 0.25) is 0 Å². The highest BCUT2D eigenvalue weighted by atomic mass is 16.4. The van der Waals surface area contributed by atoms with Crippen LogP contribution in [0.25, 0.3) is 0 Å². The maximum absolute atomic E-state index is 10.5. The van der Waals surface area contributed by atoms with Gasteiger partial charge in [0.15, 0.2) is 0 Å². The standard InChI is InChI=1S/C16H21N3O2/c1-11(5-6-15(20)21)7-8-18-16-13(10-17)9-12-3-2-4-14(12)19-16/h9,11H,2-8H2,1H3,(H,18,19)(H,20,21). The lowest BCUT2D eigenvalue weighted by Gasteiger charge is -2.13. The number of aliphatic carboxylic acids is 1. The van der Waals surface area contributed by atoms with E-state index in [4.69, 9.17) is 5.11 Å². The molecule has 0 saturated heterocycles. The average molecular weight is 287 g/mol. The van der Waals surface area contributed by atoms with Gasteiger partial charge in [-0.2, -0.15) is 5.26 Å². The van der Waals surface area contributed by atoms with E-state index in [2.05, 4.69) is 16.4 Å². The van der Waals surface area contributed by atoms with Crippen molar-refractivity contribution in [1.82, 2.24) is 4.98 Å². The van der Waals surface area contributed by atoms with Crippen LogP contribution in [0.2, 0.25) is 0 Å². The normalized spacial score (nSPS) is 14.3. The molecule has 1 aliphatic carbocycles. The van der Waals surface area contributed by atoms with Crippen molar-refractivity contribution in [3.63, 3.8) is 0 Å². The Hall–Kier alpha value is -2.09. The van der Waals surface area contributed by atoms with Crippen LogP contribution < -0.4 is 5.32 Å². The fourth-order valence-electron chi connectivity index (χ4n) is 2.64. The Balaban J connectivity index is 1.88. The van der Waals surface area contributed by atoms with Crippen LogP contribution in [0, 0.1) is 17.2 Å². The summed E-state index contributed by atoms with van der Waals surface area (Å²) in [6.45, 7) is 2.76. The van der Waals surface area contributed by atoms with Gasteiger partial charge in [0.25, 0.3) is 0 Å². The molecule has 0 fully saturated rings. The van der Waals surface area contributed by atoms with E-state index >= 15 is 0 Å². The predicted molar refractivity (Wildman–Crippen MR) is 80.1 cm³/mol. The number of aryl methyl sites for hydroxylation is 2. The monoisotopic (exact) mass is 287 g/mol. The van der Waals surface area contributed by atoms with E-state index in [9.17, 15) is 10.1 Å². The van der Waals surface area contributed by atoms with E-state index in [-0.39, 0.29) is 6.42 Å². The van der Waals surface area contributed by atoms with Crippen molar-refractivity contribution in [2.24, 2.45) is 5.92 Å². The second-order valence-corrected chi connectivity index (χ2v) is 5.71. The van der Waals surface area contributed by atoms with Gasteiger partial charge in [-0.15, -0.1) is 0 Å². The van der Waals surface area contributed by atoms with E-state index in [1.165, 1.54) is 5.56 Å². The van der Waals surface area contributed by atoms with Crippen molar-refractivity contribution in [2.75, 3.05) is 11.9 Å². The first kappa shape index (κ1) is 15.3. The molecule has 2 rings (SSSR count). The fourth-order valence-corrected chi connectivity index (χ4v) is 2.64. The minimum atomic E-state index is -0.748. The van der Waals surface area contributed by atoms with E-state index in [0.29, 0.717) is 30.3 Å². The van der Waals surface area contributed by atoms with Crippen molar-refractivity contribution >= 4 is 11.8 Å². The van der Waals surface area contributed by atoms with Crippen molar-refractivity contribution in [3.05, 3.63) is 22.9 Å². The zero-order valence-electron chi connectivity index (χ0n) is 12.4. The zero-order valence-corrected chi connectivity index (χ0v) is 12.4. The SMILES string of the molecule is CC(CCNc1nc2c(cc1C#N)CCC2)CCC(=O)O. The number of nitrogens with one attached hydrogen (secondary N) is 1. The van der Waals surface area contributed by atoms with Crippen LogP contribution in [0.4, 0.5) is 5.82 Å². The molecule has 0 aromatic carbocycles. The molecular formula is C16H21N3O2. The van der Waals surface area contributed by atoms with E-state index in [0.717, 1.165) is 31.4 Å². The number of hydrogen-bond acceptors (Lipinski definition) is 4. The summed E-state index contributed by atoms with van der Waals surface area (Å²) in [5, 5.41) is 21.1. The lowest BCUT2D eigenvalue weighted by atomic mass is 10.0. The van der Waals surface area contributed by atoms with E-state index < -0.39 is 5.97 Å². The number of nitrogens with zero attached hydrogens (tertiary/aromatic N) is 2. The Labute approximate surface area is 125 Å². The van der Waals surface area contributed by atoms with E-state index in [1.54, 1.807) is 0 Å². The van der Waals surface area contributed by atoms with Gasteiger partial charge in [-0.1, -0.05) is 6.92 Å². The first-order valence-electron chi connectivity index (χ1n) is 7.48. The van der Waals surface area contributed by atoms with Crippen LogP contribution >= 0.6 is 0 Å². The molecule has 21 heavy (non-hydrogen) atoms. The molecule has 1 aromatic rings. The number of nitriles is 1. The van der Waals surface area contributed by atoms with Crippen molar-refractivity contribution < 1.29 is 9.90 Å². The van der Waals surface area contributed by atoms with E-state index in [1.807, 2.05) is 13.0 Å². The smallest absolute Gasteiger partial charge is 0.303 e. The Morgan fingerprint density at radius 2 is 2.33 bits per heavy atom. The number of carboxylic acid groups (broad SMARTS) is 1. The third-order valence-electron chi connectivity index (χ3n) is 3.95. The van der Waals surface area contributed by atoms with Crippen LogP contribution in [0.1, 0.15) is 49.4 Å². The Morgan fingerprint density at radius 3 is 3.05 bits per heavy atom. The number of carbonyl (C=O) groups is 1. The molecule has 5 nitrogen and oxygen atoms in total. The summed E-state index contributed by atoms with van der Waals surface area (Å²) in [4.78, 5) is 15.1. The Bertz CT molecular complexity index is 563. The van der Waals surface area contributed by atoms with Crippen molar-refractivity contribution in [1.29, 1.82) is 5.26 Å². The fraction of sp³-hybridized carbons (Fsp3) is 0.562. The van der Waals surface area contributed by atoms with Gasteiger partial charge >= 0.3 is 5.97 Å². The van der Waals surface area contributed by atoms with Gasteiger partial charge in [-0.3, -0.25) is 4.79 Å². The van der Waals surface area contributed by atoms with Gasteiger partial charge in [0, 0.05) is 18.7 Å². The second kappa shape index (κ2) is 7.07. The Kier molecular flexibility index (Phi) is 5.15. The quantitative estimate of drug-likeness (QED) is 0.805. The van der Waals surface area contributed by atoms with Crippen molar-refractivity contribution in [2.45, 2.75) is 45.4 Å². The maximum Gasteiger partial charge on any atom is 0.303 e. The lowest BCUT2D eigenvalue weighted by Crippen LogP contribution is -2.11. The summed E-state index contributed by atoms with van der Waals surface area (Å²) >= 11 is 0. The molecule has 0 radical (unpaired) electrons. The summed E-state index contributed by atoms with van der Waals surface area (Å²) in [5.41, 5.74) is 2.91. The lowest BCUT2D eigenvalue weighted by molar-refractivity contribution is -0.137. The first-order valence-corrected chi connectivity index (χ1v) is 7.48. The number of anilines is 1. The highest BCUT2D eigenvalue weighted by Crippen LogP contribution is 2.25. The number of rotatable bonds is 7. The number of aromatic nitrogens is 1. The molecule has 112 valence electrons. The third kappa shape index (κ3) is 4.19. The Morgan fingerprint density at radius 1 is 1.52 bits per heavy atom. The molecule has 0 saturated carbocycles. The van der Waals surface area contributed by atoms with Crippen LogP contribution in [-0.4, -0.2) is 22.6 Å². The second-order valence-electron chi connectivity index (χ2n) is 5.71. The largest absolute Gasteiger partial charge is 0.481 e. The van der Waals surface area contributed by atoms with Gasteiger partial charge < -0.3 is 10.4 Å². The molecule has 1 atom stereocenters. The topological polar surface area (TPSA) is 86.0 Å². The van der Waals surface area contributed by atoms with Gasteiger partial charge in [0.1, 0.15) is 11.9 Å². The van der Waals surface area contributed by atoms with Crippen LogP contribution in [-0.2, 0) is 17.6 Å². The molecule has 1 aliphatic rings. The minimum Gasteiger partial charge on any atom is -0.481 e. The number of hydrogen-bond donors (Lipinski definition) is 2. The molecule has 0 aliphatic heterocycles. The third-order valence-corrected chi connectivity index (χ3v) is 3.95. The summed E-state index contributed by atoms with van der Waals surface area (Å²) in [7, 11) is 0. The highest BCUT2D eigenvalue weighted by Gasteiger charge is 2.16. The molecule has 0 spiro atoms. The van der Waals surface area contributed by atoms with Gasteiger partial charge in [-0.05, 0) is 49.7 Å². The maximum atomic E-state index is 10.5. The summed E-state index contributed by atoms with van der Waals surface area (Å²) in [6.07, 6.45) is 4.88. The molecule has 0 amide bonds. The zero-order chi connectivity index (χ0) is 15.2.